The zero-order valence-electron chi connectivity index (χ0n) is 28.8. The molecule has 2 aromatic rings. The molecular formula is C40H64Cl4. The van der Waals surface area contributed by atoms with Crippen molar-refractivity contribution in [1.82, 2.24) is 0 Å². The molecule has 44 heavy (non-hydrogen) atoms. The van der Waals surface area contributed by atoms with Gasteiger partial charge in [-0.1, -0.05) is 129 Å². The van der Waals surface area contributed by atoms with Crippen LogP contribution >= 0.6 is 46.4 Å². The average Bonchev–Trinajstić information content (AvgIpc) is 3.05. The van der Waals surface area contributed by atoms with Crippen molar-refractivity contribution in [2.75, 3.05) is 0 Å². The molecule has 0 aromatic heterocycles. The minimum Gasteiger partial charge on any atom is -0.122 e. The lowest BCUT2D eigenvalue weighted by Gasteiger charge is -2.14. The number of alkyl halides is 4. The van der Waals surface area contributed by atoms with Crippen molar-refractivity contribution in [2.24, 2.45) is 0 Å². The van der Waals surface area contributed by atoms with Crippen LogP contribution in [-0.4, -0.2) is 0 Å². The first-order valence-corrected chi connectivity index (χ1v) is 20.2. The van der Waals surface area contributed by atoms with Crippen LogP contribution < -0.4 is 0 Å². The fourth-order valence-electron chi connectivity index (χ4n) is 5.98. The molecular weight excluding hydrogens is 622 g/mol. The summed E-state index contributed by atoms with van der Waals surface area (Å²) in [6.45, 7) is 9.01. The number of hydrogen-bond acceptors (Lipinski definition) is 0. The number of hydrogen-bond donors (Lipinski definition) is 0. The summed E-state index contributed by atoms with van der Waals surface area (Å²) in [7, 11) is 0. The van der Waals surface area contributed by atoms with Gasteiger partial charge in [0.25, 0.3) is 0 Å². The quantitative estimate of drug-likeness (QED) is 0.0762. The number of halogens is 4. The molecule has 252 valence electrons. The van der Waals surface area contributed by atoms with Gasteiger partial charge < -0.3 is 0 Å². The lowest BCUT2D eigenvalue weighted by molar-refractivity contribution is 0.660. The van der Waals surface area contributed by atoms with E-state index >= 15 is 0 Å². The Morgan fingerprint density at radius 1 is 0.295 bits per heavy atom. The summed E-state index contributed by atoms with van der Waals surface area (Å²) in [4.78, 5) is 0. The van der Waals surface area contributed by atoms with Crippen molar-refractivity contribution in [3.05, 3.63) is 68.8 Å². The van der Waals surface area contributed by atoms with Gasteiger partial charge in [-0.2, -0.15) is 0 Å². The molecule has 0 N–H and O–H groups in total. The maximum atomic E-state index is 6.19. The van der Waals surface area contributed by atoms with E-state index in [2.05, 4.69) is 52.0 Å². The fraction of sp³-hybridized carbons (Fsp3) is 0.700. The Bertz CT molecular complexity index is 825. The van der Waals surface area contributed by atoms with Crippen LogP contribution in [0.2, 0.25) is 0 Å². The lowest BCUT2D eigenvalue weighted by atomic mass is 9.93. The third-order valence-corrected chi connectivity index (χ3v) is 9.97. The van der Waals surface area contributed by atoms with Crippen LogP contribution in [-0.2, 0) is 49.2 Å². The van der Waals surface area contributed by atoms with Gasteiger partial charge in [-0.15, -0.1) is 46.4 Å². The Labute approximate surface area is 293 Å². The summed E-state index contributed by atoms with van der Waals surface area (Å²) in [5, 5.41) is 0. The summed E-state index contributed by atoms with van der Waals surface area (Å²) in [5.74, 6) is 2.47. The van der Waals surface area contributed by atoms with Gasteiger partial charge in [-0.3, -0.25) is 0 Å². The summed E-state index contributed by atoms with van der Waals surface area (Å²) < 4.78 is 0. The lowest BCUT2D eigenvalue weighted by Crippen LogP contribution is -2.00. The van der Waals surface area contributed by atoms with E-state index in [0.29, 0.717) is 23.5 Å². The highest BCUT2D eigenvalue weighted by molar-refractivity contribution is 6.18. The molecule has 0 saturated carbocycles. The second-order valence-electron chi connectivity index (χ2n) is 12.6. The highest BCUT2D eigenvalue weighted by Gasteiger charge is 2.11. The fourth-order valence-corrected chi connectivity index (χ4v) is 6.98. The molecule has 0 nitrogen and oxygen atoms in total. The predicted molar refractivity (Wildman–Crippen MR) is 202 cm³/mol. The first-order chi connectivity index (χ1) is 21.5. The van der Waals surface area contributed by atoms with E-state index in [0.717, 1.165) is 25.7 Å². The Morgan fingerprint density at radius 2 is 0.500 bits per heavy atom. The third kappa shape index (κ3) is 17.0. The monoisotopic (exact) mass is 684 g/mol. The van der Waals surface area contributed by atoms with Gasteiger partial charge in [-0.25, -0.2) is 0 Å². The summed E-state index contributed by atoms with van der Waals surface area (Å²) >= 11 is 24.8. The van der Waals surface area contributed by atoms with Crippen molar-refractivity contribution in [1.29, 1.82) is 0 Å². The maximum absolute atomic E-state index is 6.19. The van der Waals surface area contributed by atoms with Crippen molar-refractivity contribution >= 4 is 46.4 Å². The van der Waals surface area contributed by atoms with Gasteiger partial charge >= 0.3 is 0 Å². The molecule has 2 aromatic carbocycles. The van der Waals surface area contributed by atoms with Crippen LogP contribution in [0.25, 0.3) is 0 Å². The molecule has 0 atom stereocenters. The topological polar surface area (TPSA) is 0 Å². The van der Waals surface area contributed by atoms with E-state index < -0.39 is 0 Å². The van der Waals surface area contributed by atoms with Crippen LogP contribution in [0.3, 0.4) is 0 Å². The molecule has 4 heteroatoms. The highest BCUT2D eigenvalue weighted by atomic mass is 35.5. The van der Waals surface area contributed by atoms with Crippen molar-refractivity contribution < 1.29 is 0 Å². The van der Waals surface area contributed by atoms with Crippen LogP contribution in [0.4, 0.5) is 0 Å². The van der Waals surface area contributed by atoms with Gasteiger partial charge in [-0.05, 0) is 95.9 Å². The molecule has 0 aliphatic carbocycles. The predicted octanol–water partition coefficient (Wildman–Crippen LogP) is 14.8. The van der Waals surface area contributed by atoms with E-state index in [1.807, 2.05) is 0 Å². The zero-order valence-corrected chi connectivity index (χ0v) is 31.8. The molecule has 0 amide bonds. The number of benzene rings is 2. The molecule has 0 unspecified atom stereocenters. The van der Waals surface area contributed by atoms with Crippen molar-refractivity contribution in [3.8, 4) is 0 Å². The Hall–Kier alpha value is -0.400. The Kier molecular flexibility index (Phi) is 26.2. The molecule has 0 aliphatic rings. The molecule has 0 heterocycles. The second-order valence-corrected chi connectivity index (χ2v) is 13.6. The molecule has 2 rings (SSSR count). The number of aryl methyl sites for hydroxylation is 4. The van der Waals surface area contributed by atoms with Crippen molar-refractivity contribution in [3.63, 3.8) is 0 Å². The summed E-state index contributed by atoms with van der Waals surface area (Å²) in [6, 6.07) is 9.30. The standard InChI is InChI=1S/2C20H32Cl2/c2*1-3-5-7-9-11-17-13-20(16-22)18(14-19(17)15-21)12-10-8-6-4-2/h2*13-14H,3-12,15-16H2,1-2H3. The van der Waals surface area contributed by atoms with Crippen LogP contribution in [0.1, 0.15) is 175 Å². The average molecular weight is 687 g/mol. The summed E-state index contributed by atoms with van der Waals surface area (Å²) in [5.41, 5.74) is 10.9. The minimum atomic E-state index is 0.619. The molecule has 0 radical (unpaired) electrons. The van der Waals surface area contributed by atoms with Crippen molar-refractivity contribution in [2.45, 2.75) is 180 Å². The zero-order chi connectivity index (χ0) is 32.4. The van der Waals surface area contributed by atoms with Gasteiger partial charge in [0.1, 0.15) is 0 Å². The van der Waals surface area contributed by atoms with E-state index in [9.17, 15) is 0 Å². The van der Waals surface area contributed by atoms with Gasteiger partial charge in [0.05, 0.1) is 0 Å². The number of rotatable bonds is 24. The van der Waals surface area contributed by atoms with Crippen LogP contribution in [0, 0.1) is 0 Å². The molecule has 0 fully saturated rings. The van der Waals surface area contributed by atoms with E-state index in [4.69, 9.17) is 46.4 Å². The number of unbranched alkanes of at least 4 members (excludes halogenated alkanes) is 12. The third-order valence-electron chi connectivity index (χ3n) is 8.82. The SMILES string of the molecule is CCCCCCc1cc(CCl)c(CCCCCC)cc1CCl.CCCCCCc1cc(CCl)c(CCCCCC)cc1CCl. The maximum Gasteiger partial charge on any atom is 0.0476 e. The Morgan fingerprint density at radius 3 is 0.659 bits per heavy atom. The summed E-state index contributed by atoms with van der Waals surface area (Å²) in [6.07, 6.45) is 25.3. The molecule has 0 aliphatic heterocycles. The van der Waals surface area contributed by atoms with Gasteiger partial charge in [0.15, 0.2) is 0 Å². The Balaban J connectivity index is 0.000000440. The van der Waals surface area contributed by atoms with Gasteiger partial charge in [0.2, 0.25) is 0 Å². The van der Waals surface area contributed by atoms with Crippen LogP contribution in [0.5, 0.6) is 0 Å². The molecule has 0 saturated heterocycles. The highest BCUT2D eigenvalue weighted by Crippen LogP contribution is 2.26. The van der Waals surface area contributed by atoms with E-state index in [1.165, 1.54) is 147 Å². The van der Waals surface area contributed by atoms with E-state index in [1.54, 1.807) is 0 Å². The molecule has 0 bridgehead atoms. The largest absolute Gasteiger partial charge is 0.122 e. The first-order valence-electron chi connectivity index (χ1n) is 18.0. The minimum absolute atomic E-state index is 0.619. The molecule has 0 spiro atoms. The van der Waals surface area contributed by atoms with E-state index in [-0.39, 0.29) is 0 Å². The first kappa shape index (κ1) is 41.6. The van der Waals surface area contributed by atoms with Crippen LogP contribution in [0.15, 0.2) is 24.3 Å². The van der Waals surface area contributed by atoms with Gasteiger partial charge in [0, 0.05) is 23.5 Å². The second kappa shape index (κ2) is 27.7. The normalized spacial score (nSPS) is 11.1. The smallest absolute Gasteiger partial charge is 0.0476 e.